The van der Waals surface area contributed by atoms with Gasteiger partial charge in [0.25, 0.3) is 0 Å². The van der Waals surface area contributed by atoms with Crippen molar-refractivity contribution in [2.45, 2.75) is 50.9 Å². The minimum atomic E-state index is -0.0405. The van der Waals surface area contributed by atoms with E-state index in [2.05, 4.69) is 29.2 Å². The van der Waals surface area contributed by atoms with Crippen molar-refractivity contribution >= 4 is 0 Å². The molecular formula is C14H19NO. The van der Waals surface area contributed by atoms with Crippen LogP contribution in [0.5, 0.6) is 0 Å². The fourth-order valence-corrected chi connectivity index (χ4v) is 3.04. The zero-order valence-electron chi connectivity index (χ0n) is 9.60. The molecule has 0 radical (unpaired) electrons. The predicted octanol–water partition coefficient (Wildman–Crippen LogP) is 2.31. The summed E-state index contributed by atoms with van der Waals surface area (Å²) in [5, 5.41) is 9.52. The second kappa shape index (κ2) is 4.19. The highest BCUT2D eigenvalue weighted by atomic mass is 16.3. The number of rotatable bonds is 1. The molecule has 3 rings (SSSR count). The third-order valence-corrected chi connectivity index (χ3v) is 4.05. The molecule has 0 spiro atoms. The Balaban J connectivity index is 1.67. The molecular weight excluding hydrogens is 198 g/mol. The smallest absolute Gasteiger partial charge is 0.0541 e. The number of hydrogen-bond donors (Lipinski definition) is 1. The maximum atomic E-state index is 9.52. The molecule has 2 aliphatic rings. The lowest BCUT2D eigenvalue weighted by Gasteiger charge is -2.32. The normalized spacial score (nSPS) is 30.3. The summed E-state index contributed by atoms with van der Waals surface area (Å²) >= 11 is 0. The third-order valence-electron chi connectivity index (χ3n) is 4.05. The molecule has 0 aromatic heterocycles. The van der Waals surface area contributed by atoms with Crippen LogP contribution in [0, 0.1) is 0 Å². The average molecular weight is 217 g/mol. The predicted molar refractivity (Wildman–Crippen MR) is 64.0 cm³/mol. The van der Waals surface area contributed by atoms with Crippen LogP contribution in [0.2, 0.25) is 0 Å². The van der Waals surface area contributed by atoms with Crippen molar-refractivity contribution in [1.29, 1.82) is 0 Å². The van der Waals surface area contributed by atoms with E-state index in [4.69, 9.17) is 0 Å². The second-order valence-corrected chi connectivity index (χ2v) is 5.14. The topological polar surface area (TPSA) is 23.5 Å². The van der Waals surface area contributed by atoms with Gasteiger partial charge in [0.1, 0.15) is 0 Å². The van der Waals surface area contributed by atoms with E-state index < -0.39 is 0 Å². The summed E-state index contributed by atoms with van der Waals surface area (Å²) in [4.78, 5) is 2.58. The Hall–Kier alpha value is -0.860. The number of hydrogen-bond acceptors (Lipinski definition) is 2. The zero-order chi connectivity index (χ0) is 11.0. The molecule has 0 unspecified atom stereocenters. The van der Waals surface area contributed by atoms with E-state index in [-0.39, 0.29) is 6.10 Å². The van der Waals surface area contributed by atoms with Crippen LogP contribution >= 0.6 is 0 Å². The van der Waals surface area contributed by atoms with E-state index in [0.29, 0.717) is 6.04 Å². The SMILES string of the molecule is OC1CCC(N2Cc3ccccc3C2)CC1. The highest BCUT2D eigenvalue weighted by Crippen LogP contribution is 2.30. The van der Waals surface area contributed by atoms with Crippen LogP contribution in [0.4, 0.5) is 0 Å². The van der Waals surface area contributed by atoms with Gasteiger partial charge in [-0.1, -0.05) is 24.3 Å². The Morgan fingerprint density at radius 2 is 1.50 bits per heavy atom. The summed E-state index contributed by atoms with van der Waals surface area (Å²) in [6, 6.07) is 9.44. The van der Waals surface area contributed by atoms with Gasteiger partial charge >= 0.3 is 0 Å². The van der Waals surface area contributed by atoms with Crippen molar-refractivity contribution in [3.63, 3.8) is 0 Å². The summed E-state index contributed by atoms with van der Waals surface area (Å²) in [7, 11) is 0. The Labute approximate surface area is 96.9 Å². The highest BCUT2D eigenvalue weighted by molar-refractivity contribution is 5.30. The molecule has 2 nitrogen and oxygen atoms in total. The number of aliphatic hydroxyl groups is 1. The number of nitrogens with zero attached hydrogens (tertiary/aromatic N) is 1. The van der Waals surface area contributed by atoms with Crippen molar-refractivity contribution in [3.8, 4) is 0 Å². The molecule has 0 saturated heterocycles. The van der Waals surface area contributed by atoms with E-state index in [1.807, 2.05) is 0 Å². The fourth-order valence-electron chi connectivity index (χ4n) is 3.04. The lowest BCUT2D eigenvalue weighted by atomic mass is 9.92. The molecule has 1 saturated carbocycles. The van der Waals surface area contributed by atoms with Gasteiger partial charge in [-0.2, -0.15) is 0 Å². The Bertz CT molecular complexity index is 344. The second-order valence-electron chi connectivity index (χ2n) is 5.14. The minimum Gasteiger partial charge on any atom is -0.393 e. The van der Waals surface area contributed by atoms with Crippen molar-refractivity contribution in [2.24, 2.45) is 0 Å². The van der Waals surface area contributed by atoms with Crippen LogP contribution < -0.4 is 0 Å². The first-order valence-corrected chi connectivity index (χ1v) is 6.32. The summed E-state index contributed by atoms with van der Waals surface area (Å²) in [6.07, 6.45) is 4.25. The lowest BCUT2D eigenvalue weighted by Crippen LogP contribution is -2.35. The molecule has 1 aromatic rings. The van der Waals surface area contributed by atoms with Crippen LogP contribution in [0.1, 0.15) is 36.8 Å². The molecule has 0 bridgehead atoms. The number of aliphatic hydroxyl groups excluding tert-OH is 1. The summed E-state index contributed by atoms with van der Waals surface area (Å²) in [5.74, 6) is 0. The molecule has 86 valence electrons. The van der Waals surface area contributed by atoms with Gasteiger partial charge in [0.05, 0.1) is 6.10 Å². The first-order chi connectivity index (χ1) is 7.83. The van der Waals surface area contributed by atoms with Crippen molar-refractivity contribution in [3.05, 3.63) is 35.4 Å². The van der Waals surface area contributed by atoms with Gasteiger partial charge < -0.3 is 5.11 Å². The van der Waals surface area contributed by atoms with Gasteiger partial charge in [0, 0.05) is 19.1 Å². The van der Waals surface area contributed by atoms with Crippen molar-refractivity contribution < 1.29 is 5.11 Å². The molecule has 1 fully saturated rings. The molecule has 1 heterocycles. The van der Waals surface area contributed by atoms with E-state index >= 15 is 0 Å². The summed E-state index contributed by atoms with van der Waals surface area (Å²) in [5.41, 5.74) is 2.99. The van der Waals surface area contributed by atoms with E-state index in [1.54, 1.807) is 0 Å². The monoisotopic (exact) mass is 217 g/mol. The van der Waals surface area contributed by atoms with Crippen molar-refractivity contribution in [2.75, 3.05) is 0 Å². The molecule has 1 N–H and O–H groups in total. The van der Waals surface area contributed by atoms with Crippen LogP contribution in [-0.2, 0) is 13.1 Å². The van der Waals surface area contributed by atoms with E-state index in [1.165, 1.54) is 11.1 Å². The quantitative estimate of drug-likeness (QED) is 0.780. The molecule has 1 aliphatic heterocycles. The molecule has 0 amide bonds. The molecule has 16 heavy (non-hydrogen) atoms. The third kappa shape index (κ3) is 1.87. The largest absolute Gasteiger partial charge is 0.393 e. The van der Waals surface area contributed by atoms with Crippen LogP contribution in [-0.4, -0.2) is 22.2 Å². The maximum Gasteiger partial charge on any atom is 0.0541 e. The Morgan fingerprint density at radius 3 is 2.06 bits per heavy atom. The van der Waals surface area contributed by atoms with Gasteiger partial charge in [-0.05, 0) is 36.8 Å². The first-order valence-electron chi connectivity index (χ1n) is 6.32. The minimum absolute atomic E-state index is 0.0405. The van der Waals surface area contributed by atoms with E-state index in [0.717, 1.165) is 38.8 Å². The van der Waals surface area contributed by atoms with Gasteiger partial charge in [-0.15, -0.1) is 0 Å². The average Bonchev–Trinajstić information content (AvgIpc) is 2.73. The molecule has 0 atom stereocenters. The summed E-state index contributed by atoms with van der Waals surface area (Å²) < 4.78 is 0. The highest BCUT2D eigenvalue weighted by Gasteiger charge is 2.28. The molecule has 2 heteroatoms. The Morgan fingerprint density at radius 1 is 0.938 bits per heavy atom. The number of benzene rings is 1. The van der Waals surface area contributed by atoms with Crippen LogP contribution in [0.25, 0.3) is 0 Å². The summed E-state index contributed by atoms with van der Waals surface area (Å²) in [6.45, 7) is 2.22. The van der Waals surface area contributed by atoms with Crippen LogP contribution in [0.15, 0.2) is 24.3 Å². The van der Waals surface area contributed by atoms with Gasteiger partial charge in [-0.25, -0.2) is 0 Å². The van der Waals surface area contributed by atoms with E-state index in [9.17, 15) is 5.11 Å². The zero-order valence-corrected chi connectivity index (χ0v) is 9.60. The maximum absolute atomic E-state index is 9.52. The standard InChI is InChI=1S/C14H19NO/c16-14-7-5-13(6-8-14)15-9-11-3-1-2-4-12(11)10-15/h1-4,13-14,16H,5-10H2. The number of fused-ring (bicyclic) bond motifs is 1. The van der Waals surface area contributed by atoms with Crippen LogP contribution in [0.3, 0.4) is 0 Å². The Kier molecular flexibility index (Phi) is 2.70. The van der Waals surface area contributed by atoms with Gasteiger partial charge in [0.2, 0.25) is 0 Å². The fraction of sp³-hybridized carbons (Fsp3) is 0.571. The lowest BCUT2D eigenvalue weighted by molar-refractivity contribution is 0.0725. The van der Waals surface area contributed by atoms with Crippen molar-refractivity contribution in [1.82, 2.24) is 4.90 Å². The van der Waals surface area contributed by atoms with Gasteiger partial charge in [-0.3, -0.25) is 4.90 Å². The first kappa shape index (κ1) is 10.3. The van der Waals surface area contributed by atoms with Gasteiger partial charge in [0.15, 0.2) is 0 Å². The molecule has 1 aliphatic carbocycles. The molecule has 1 aromatic carbocycles.